The molecule has 1 fully saturated rings. The van der Waals surface area contributed by atoms with Crippen molar-refractivity contribution in [1.82, 2.24) is 14.8 Å². The number of aromatic nitrogens is 1. The van der Waals surface area contributed by atoms with Crippen molar-refractivity contribution in [3.8, 4) is 0 Å². The van der Waals surface area contributed by atoms with Crippen molar-refractivity contribution in [2.45, 2.75) is 102 Å². The lowest BCUT2D eigenvalue weighted by Gasteiger charge is -2.24. The number of thiazole rings is 1. The van der Waals surface area contributed by atoms with Crippen molar-refractivity contribution in [3.63, 3.8) is 0 Å². The van der Waals surface area contributed by atoms with E-state index in [1.54, 1.807) is 31.2 Å². The largest absolute Gasteiger partial charge is 0.350 e. The van der Waals surface area contributed by atoms with E-state index in [0.717, 1.165) is 37.0 Å². The highest BCUT2D eigenvalue weighted by Crippen LogP contribution is 2.30. The summed E-state index contributed by atoms with van der Waals surface area (Å²) in [5.74, 6) is -2.73. The molecule has 1 aromatic heterocycles. The Labute approximate surface area is 303 Å². The molecule has 4 amide bonds. The lowest BCUT2D eigenvalue weighted by molar-refractivity contribution is -0.144. The number of rotatable bonds is 21. The van der Waals surface area contributed by atoms with E-state index in [0.29, 0.717) is 16.9 Å². The average molecular weight is 745 g/mol. The molecule has 14 heteroatoms. The van der Waals surface area contributed by atoms with Crippen LogP contribution in [-0.2, 0) is 30.7 Å². The van der Waals surface area contributed by atoms with E-state index in [2.05, 4.69) is 17.2 Å². The van der Waals surface area contributed by atoms with Gasteiger partial charge in [-0.1, -0.05) is 107 Å². The number of ether oxygens (including phenoxy) is 1. The molecular weight excluding hydrogens is 700 g/mol. The van der Waals surface area contributed by atoms with E-state index in [1.807, 2.05) is 6.07 Å². The molecule has 2 aromatic carbocycles. The lowest BCUT2D eigenvalue weighted by Crippen LogP contribution is -2.52. The molecule has 2 heterocycles. The molecule has 270 valence electrons. The van der Waals surface area contributed by atoms with Crippen LogP contribution >= 0.6 is 22.9 Å². The molecule has 1 saturated heterocycles. The third-order valence-corrected chi connectivity index (χ3v) is 11.4. The molecule has 1 aliphatic rings. The molecule has 11 nitrogen and oxygen atoms in total. The number of urea groups is 1. The number of nitrogens with one attached hydrogen (secondary N) is 1. The second-order valence-electron chi connectivity index (χ2n) is 12.2. The average Bonchev–Trinajstić information content (AvgIpc) is 3.72. The minimum atomic E-state index is -3.64. The Morgan fingerprint density at radius 2 is 1.62 bits per heavy atom. The summed E-state index contributed by atoms with van der Waals surface area (Å²) in [5.41, 5.74) is 2.12. The molecule has 2 atom stereocenters. The summed E-state index contributed by atoms with van der Waals surface area (Å²) in [5, 5.41) is 2.46. The van der Waals surface area contributed by atoms with Gasteiger partial charge in [0.1, 0.15) is 0 Å². The molecule has 1 N–H and O–H groups in total. The fourth-order valence-corrected chi connectivity index (χ4v) is 8.06. The van der Waals surface area contributed by atoms with Gasteiger partial charge in [0.15, 0.2) is 15.9 Å². The topological polar surface area (TPSA) is 143 Å². The normalized spacial score (nSPS) is 15.5. The van der Waals surface area contributed by atoms with Gasteiger partial charge in [0, 0.05) is 12.8 Å². The van der Waals surface area contributed by atoms with Crippen LogP contribution in [0.25, 0.3) is 0 Å². The molecule has 2 unspecified atom stereocenters. The molecule has 0 saturated carbocycles. The summed E-state index contributed by atoms with van der Waals surface area (Å²) in [7, 11) is -3.64. The Morgan fingerprint density at radius 3 is 2.22 bits per heavy atom. The molecule has 0 aliphatic carbocycles. The summed E-state index contributed by atoms with van der Waals surface area (Å²) in [6.45, 7) is 3.95. The monoisotopic (exact) mass is 744 g/mol. The number of unbranched alkanes of at least 4 members (excludes halogenated alkanes) is 9. The van der Waals surface area contributed by atoms with Gasteiger partial charge >= 0.3 is 6.03 Å². The van der Waals surface area contributed by atoms with E-state index in [4.69, 9.17) is 16.3 Å². The van der Waals surface area contributed by atoms with Crippen LogP contribution in [0.1, 0.15) is 93.3 Å². The summed E-state index contributed by atoms with van der Waals surface area (Å²) < 4.78 is 31.8. The van der Waals surface area contributed by atoms with Crippen LogP contribution in [0, 0.1) is 0 Å². The van der Waals surface area contributed by atoms with Crippen LogP contribution in [0.3, 0.4) is 0 Å². The first-order valence-electron chi connectivity index (χ1n) is 17.1. The number of imide groups is 1. The second-order valence-corrected chi connectivity index (χ2v) is 15.6. The number of hydrogen-bond donors (Lipinski definition) is 1. The van der Waals surface area contributed by atoms with Crippen molar-refractivity contribution in [1.29, 1.82) is 0 Å². The van der Waals surface area contributed by atoms with Gasteiger partial charge in [0.05, 0.1) is 38.3 Å². The SMILES string of the molecule is CCCCCCCCCCCCS(=O)(=O)c1ccc(NC(=O)C(C(=O)c2cncs2)N2C(=O)C(OCC)N(Cc3ccccc3)C2=O)c(Cl)c1. The highest BCUT2D eigenvalue weighted by atomic mass is 35.5. The van der Waals surface area contributed by atoms with Gasteiger partial charge in [0.25, 0.3) is 11.8 Å². The third kappa shape index (κ3) is 10.2. The van der Waals surface area contributed by atoms with Gasteiger partial charge in [-0.05, 0) is 37.1 Å². The number of hydrogen-bond acceptors (Lipinski definition) is 9. The zero-order chi connectivity index (χ0) is 36.1. The maximum Gasteiger partial charge on any atom is 0.330 e. The minimum absolute atomic E-state index is 0.00342. The third-order valence-electron chi connectivity index (χ3n) is 8.46. The van der Waals surface area contributed by atoms with E-state index in [-0.39, 0.29) is 39.4 Å². The van der Waals surface area contributed by atoms with Gasteiger partial charge < -0.3 is 10.1 Å². The number of halogens is 1. The Morgan fingerprint density at radius 1 is 0.960 bits per heavy atom. The van der Waals surface area contributed by atoms with Gasteiger partial charge in [-0.3, -0.25) is 24.3 Å². The number of amides is 4. The number of carbonyl (C=O) groups excluding carboxylic acids is 4. The van der Waals surface area contributed by atoms with Crippen LogP contribution in [0.5, 0.6) is 0 Å². The molecule has 50 heavy (non-hydrogen) atoms. The van der Waals surface area contributed by atoms with Crippen LogP contribution in [0.15, 0.2) is 65.1 Å². The molecule has 0 spiro atoms. The fourth-order valence-electron chi connectivity index (χ4n) is 5.79. The van der Waals surface area contributed by atoms with Gasteiger partial charge in [-0.25, -0.2) is 18.1 Å². The summed E-state index contributed by atoms with van der Waals surface area (Å²) >= 11 is 7.43. The second kappa shape index (κ2) is 19.1. The van der Waals surface area contributed by atoms with Crippen molar-refractivity contribution in [3.05, 3.63) is 75.7 Å². The van der Waals surface area contributed by atoms with E-state index in [1.165, 1.54) is 66.9 Å². The van der Waals surface area contributed by atoms with Crippen molar-refractivity contribution < 1.29 is 32.3 Å². The zero-order valence-electron chi connectivity index (χ0n) is 28.5. The van der Waals surface area contributed by atoms with Crippen molar-refractivity contribution >= 4 is 62.1 Å². The Hall–Kier alpha value is -3.65. The van der Waals surface area contributed by atoms with Gasteiger partial charge in [0.2, 0.25) is 12.0 Å². The predicted molar refractivity (Wildman–Crippen MR) is 194 cm³/mol. The first kappa shape index (κ1) is 39.1. The molecule has 0 radical (unpaired) electrons. The lowest BCUT2D eigenvalue weighted by atomic mass is 10.1. The standard InChI is InChI=1S/C36H45ClN4O7S2/c1-3-5-6-7-8-9-10-11-12-16-21-50(46,47)27-19-20-29(28(37)22-27)39-33(43)31(32(42)30-23-38-25-49-30)41-34(44)35(48-4-2)40(36(41)45)24-26-17-14-13-15-18-26/h13-15,17-20,22-23,25,31,35H,3-12,16,21,24H2,1-2H3,(H,39,43). The molecular formula is C36H45ClN4O7S2. The number of nitrogens with zero attached hydrogens (tertiary/aromatic N) is 3. The number of Topliss-reactive ketones (excluding diaryl/α,β-unsaturated/α-hetero) is 1. The van der Waals surface area contributed by atoms with E-state index in [9.17, 15) is 27.6 Å². The minimum Gasteiger partial charge on any atom is -0.350 e. The van der Waals surface area contributed by atoms with Crippen LogP contribution in [0.4, 0.5) is 10.5 Å². The summed E-state index contributed by atoms with van der Waals surface area (Å²) in [6, 6.07) is 10.1. The summed E-state index contributed by atoms with van der Waals surface area (Å²) in [4.78, 5) is 60.9. The van der Waals surface area contributed by atoms with Crippen molar-refractivity contribution in [2.24, 2.45) is 0 Å². The summed E-state index contributed by atoms with van der Waals surface area (Å²) in [6.07, 6.45) is 10.7. The molecule has 3 aromatic rings. The quantitative estimate of drug-likeness (QED) is 0.0511. The number of carbonyl (C=O) groups is 4. The number of sulfone groups is 1. The van der Waals surface area contributed by atoms with Crippen LogP contribution in [0.2, 0.25) is 5.02 Å². The zero-order valence-corrected chi connectivity index (χ0v) is 30.9. The van der Waals surface area contributed by atoms with Crippen molar-refractivity contribution in [2.75, 3.05) is 17.7 Å². The Kier molecular flexibility index (Phi) is 14.9. The highest BCUT2D eigenvalue weighted by Gasteiger charge is 2.53. The number of ketones is 1. The Bertz CT molecular complexity index is 1700. The maximum atomic E-state index is 13.9. The number of anilines is 1. The fraction of sp³-hybridized carbons (Fsp3) is 0.472. The van der Waals surface area contributed by atoms with Gasteiger partial charge in [-0.2, -0.15) is 0 Å². The van der Waals surface area contributed by atoms with Crippen LogP contribution < -0.4 is 5.32 Å². The number of benzene rings is 2. The maximum absolute atomic E-state index is 13.9. The van der Waals surface area contributed by atoms with Gasteiger partial charge in [-0.15, -0.1) is 11.3 Å². The first-order chi connectivity index (χ1) is 24.1. The van der Waals surface area contributed by atoms with E-state index < -0.39 is 45.7 Å². The van der Waals surface area contributed by atoms with Crippen LogP contribution in [-0.4, -0.2) is 71.5 Å². The Balaban J connectivity index is 1.46. The first-order valence-corrected chi connectivity index (χ1v) is 20.0. The highest BCUT2D eigenvalue weighted by molar-refractivity contribution is 7.91. The van der Waals surface area contributed by atoms with E-state index >= 15 is 0 Å². The molecule has 0 bridgehead atoms. The molecule has 4 rings (SSSR count). The smallest absolute Gasteiger partial charge is 0.330 e. The predicted octanol–water partition coefficient (Wildman–Crippen LogP) is 7.51. The molecule has 1 aliphatic heterocycles.